The highest BCUT2D eigenvalue weighted by molar-refractivity contribution is 6.22. The van der Waals surface area contributed by atoms with Crippen LogP contribution in [0.3, 0.4) is 0 Å². The first-order valence-corrected chi connectivity index (χ1v) is 23.8. The van der Waals surface area contributed by atoms with Crippen LogP contribution in [0.15, 0.2) is 215 Å². The maximum atomic E-state index is 6.88. The molecule has 322 valence electrons. The van der Waals surface area contributed by atoms with Gasteiger partial charge in [-0.25, -0.2) is 0 Å². The molecule has 2 aliphatic rings. The van der Waals surface area contributed by atoms with E-state index in [2.05, 4.69) is 234 Å². The van der Waals surface area contributed by atoms with Gasteiger partial charge in [0.2, 0.25) is 0 Å². The Morgan fingerprint density at radius 1 is 0.265 bits per heavy atom. The highest BCUT2D eigenvalue weighted by Gasteiger charge is 2.37. The predicted molar refractivity (Wildman–Crippen MR) is 283 cm³/mol. The summed E-state index contributed by atoms with van der Waals surface area (Å²) in [5.74, 6) is 0. The molecule has 2 aliphatic carbocycles. The van der Waals surface area contributed by atoms with Crippen molar-refractivity contribution in [2.45, 2.75) is 38.5 Å². The molecule has 2 heterocycles. The van der Waals surface area contributed by atoms with Gasteiger partial charge in [0.15, 0.2) is 0 Å². The third-order valence-corrected chi connectivity index (χ3v) is 15.5. The molecule has 0 spiro atoms. The molecule has 14 rings (SSSR count). The molecule has 0 saturated carbocycles. The molecule has 0 radical (unpaired) electrons. The van der Waals surface area contributed by atoms with Gasteiger partial charge < -0.3 is 8.83 Å². The van der Waals surface area contributed by atoms with Gasteiger partial charge in [0.25, 0.3) is 0 Å². The minimum Gasteiger partial charge on any atom is -0.455 e. The van der Waals surface area contributed by atoms with E-state index >= 15 is 0 Å². The molecule has 0 saturated heterocycles. The van der Waals surface area contributed by atoms with Crippen LogP contribution in [0, 0.1) is 0 Å². The summed E-state index contributed by atoms with van der Waals surface area (Å²) < 4.78 is 13.8. The second kappa shape index (κ2) is 14.2. The Bertz CT molecular complexity index is 3810. The lowest BCUT2D eigenvalue weighted by Gasteiger charge is -2.22. The Morgan fingerprint density at radius 3 is 0.941 bits per heavy atom. The van der Waals surface area contributed by atoms with Crippen molar-refractivity contribution in [1.29, 1.82) is 0 Å². The molecule has 2 heteroatoms. The van der Waals surface area contributed by atoms with Crippen LogP contribution in [0.4, 0.5) is 0 Å². The Balaban J connectivity index is 0.888. The minimum absolute atomic E-state index is 0.150. The summed E-state index contributed by atoms with van der Waals surface area (Å²) >= 11 is 0. The molecule has 0 bridgehead atoms. The van der Waals surface area contributed by atoms with Gasteiger partial charge in [-0.05, 0) is 149 Å². The summed E-state index contributed by atoms with van der Waals surface area (Å²) in [5.41, 5.74) is 25.6. The molecule has 0 amide bonds. The van der Waals surface area contributed by atoms with E-state index in [0.29, 0.717) is 0 Å². The van der Waals surface area contributed by atoms with Gasteiger partial charge >= 0.3 is 0 Å². The molecule has 0 N–H and O–H groups in total. The van der Waals surface area contributed by atoms with E-state index in [9.17, 15) is 0 Å². The van der Waals surface area contributed by atoms with Crippen molar-refractivity contribution in [3.05, 3.63) is 229 Å². The van der Waals surface area contributed by atoms with Crippen LogP contribution in [0.1, 0.15) is 49.9 Å². The van der Waals surface area contributed by atoms with Gasteiger partial charge in [-0.2, -0.15) is 0 Å². The number of rotatable bonds is 5. The van der Waals surface area contributed by atoms with E-state index in [1.807, 2.05) is 0 Å². The van der Waals surface area contributed by atoms with E-state index in [4.69, 9.17) is 8.83 Å². The zero-order valence-electron chi connectivity index (χ0n) is 38.4. The topological polar surface area (TPSA) is 26.3 Å². The molecule has 10 aromatic carbocycles. The van der Waals surface area contributed by atoms with Crippen LogP contribution in [0.25, 0.3) is 122 Å². The maximum Gasteiger partial charge on any atom is 0.147 e. The van der Waals surface area contributed by atoms with E-state index in [-0.39, 0.29) is 10.8 Å². The lowest BCUT2D eigenvalue weighted by molar-refractivity contribution is 0.658. The predicted octanol–water partition coefficient (Wildman–Crippen LogP) is 18.4. The first kappa shape index (κ1) is 39.0. The van der Waals surface area contributed by atoms with Gasteiger partial charge in [-0.15, -0.1) is 0 Å². The SMILES string of the molecule is CC1(C)c2cc(-c3ccccc3)ccc2-c2ccc(-c3ccc4oc5c(-c6ccccc6)c6oc7ccc(-c8ccc9c(c8)C(C)(C)c8cc(-c%10ccccc%10)ccc8-9)cc7c6cc5c4c3)cc21. The first-order chi connectivity index (χ1) is 33.2. The lowest BCUT2D eigenvalue weighted by atomic mass is 9.81. The van der Waals surface area contributed by atoms with Crippen molar-refractivity contribution < 1.29 is 8.83 Å². The van der Waals surface area contributed by atoms with E-state index in [1.165, 1.54) is 89.0 Å². The molecular weight excluding hydrogens is 825 g/mol. The number of fused-ring (bicyclic) bond motifs is 12. The minimum atomic E-state index is -0.150. The summed E-state index contributed by atoms with van der Waals surface area (Å²) in [4.78, 5) is 0. The van der Waals surface area contributed by atoms with Gasteiger partial charge in [-0.1, -0.05) is 179 Å². The van der Waals surface area contributed by atoms with Gasteiger partial charge in [-0.3, -0.25) is 0 Å². The zero-order chi connectivity index (χ0) is 45.5. The number of hydrogen-bond acceptors (Lipinski definition) is 2. The number of furan rings is 2. The second-order valence-corrected chi connectivity index (χ2v) is 20.0. The zero-order valence-corrected chi connectivity index (χ0v) is 38.4. The van der Waals surface area contributed by atoms with Crippen molar-refractivity contribution in [2.75, 3.05) is 0 Å². The second-order valence-electron chi connectivity index (χ2n) is 20.0. The number of hydrogen-bond donors (Lipinski definition) is 0. The molecule has 2 aromatic heterocycles. The first-order valence-electron chi connectivity index (χ1n) is 23.8. The molecule has 0 atom stereocenters. The third kappa shape index (κ3) is 5.64. The summed E-state index contributed by atoms with van der Waals surface area (Å²) in [6.45, 7) is 9.47. The van der Waals surface area contributed by atoms with Gasteiger partial charge in [0.1, 0.15) is 22.3 Å². The fourth-order valence-corrected chi connectivity index (χ4v) is 11.8. The summed E-state index contributed by atoms with van der Waals surface area (Å²) in [6.07, 6.45) is 0. The third-order valence-electron chi connectivity index (χ3n) is 15.5. The van der Waals surface area contributed by atoms with Crippen LogP contribution in [-0.4, -0.2) is 0 Å². The molecule has 68 heavy (non-hydrogen) atoms. The van der Waals surface area contributed by atoms with Gasteiger partial charge in [0, 0.05) is 32.4 Å². The van der Waals surface area contributed by atoms with Crippen molar-refractivity contribution in [2.24, 2.45) is 0 Å². The van der Waals surface area contributed by atoms with E-state index < -0.39 is 0 Å². The molecule has 0 aliphatic heterocycles. The molecule has 0 fully saturated rings. The van der Waals surface area contributed by atoms with Crippen molar-refractivity contribution >= 4 is 43.9 Å². The van der Waals surface area contributed by atoms with Crippen LogP contribution in [-0.2, 0) is 10.8 Å². The smallest absolute Gasteiger partial charge is 0.147 e. The fraction of sp³-hybridized carbons (Fsp3) is 0.0909. The van der Waals surface area contributed by atoms with Crippen LogP contribution < -0.4 is 0 Å². The van der Waals surface area contributed by atoms with Crippen LogP contribution in [0.2, 0.25) is 0 Å². The quantitative estimate of drug-likeness (QED) is 0.172. The largest absolute Gasteiger partial charge is 0.455 e. The standard InChI is InChI=1S/C66H46O2/c1-65(2)56-34-44(39-14-8-5-9-15-39)20-26-48(56)50-28-22-46(36-58(50)65)42-24-30-60-52(32-42)54-38-55-53-33-43(25-31-61(53)68-64(55)62(63(54)67-60)41-18-12-7-13-19-41)47-23-29-51-49-27-21-45(40-16-10-6-11-17-40)35-57(49)66(3,4)59(51)37-47/h5-38H,1-4H3. The van der Waals surface area contributed by atoms with Crippen molar-refractivity contribution in [1.82, 2.24) is 0 Å². The Morgan fingerprint density at radius 2 is 0.574 bits per heavy atom. The maximum absolute atomic E-state index is 6.88. The highest BCUT2D eigenvalue weighted by Crippen LogP contribution is 2.53. The molecule has 0 unspecified atom stereocenters. The van der Waals surface area contributed by atoms with Gasteiger partial charge in [0.05, 0.1) is 5.56 Å². The Labute approximate surface area is 395 Å². The fourth-order valence-electron chi connectivity index (χ4n) is 11.8. The Hall–Kier alpha value is -8.20. The summed E-state index contributed by atoms with van der Waals surface area (Å²) in [5, 5.41) is 4.34. The van der Waals surface area contributed by atoms with Crippen LogP contribution >= 0.6 is 0 Å². The van der Waals surface area contributed by atoms with Crippen molar-refractivity contribution in [3.8, 4) is 77.9 Å². The Kier molecular flexibility index (Phi) is 8.12. The monoisotopic (exact) mass is 870 g/mol. The highest BCUT2D eigenvalue weighted by atomic mass is 16.3. The normalized spacial score (nSPS) is 14.1. The van der Waals surface area contributed by atoms with E-state index in [1.54, 1.807) is 0 Å². The lowest BCUT2D eigenvalue weighted by Crippen LogP contribution is -2.15. The summed E-state index contributed by atoms with van der Waals surface area (Å²) in [7, 11) is 0. The average Bonchev–Trinajstić information content (AvgIpc) is 4.07. The van der Waals surface area contributed by atoms with Crippen LogP contribution in [0.5, 0.6) is 0 Å². The summed E-state index contributed by atoms with van der Waals surface area (Å²) in [6, 6.07) is 75.7. The molecule has 2 nitrogen and oxygen atoms in total. The van der Waals surface area contributed by atoms with E-state index in [0.717, 1.165) is 55.0 Å². The number of benzene rings is 10. The molecule has 12 aromatic rings. The molecular formula is C66H46O2. The average molecular weight is 871 g/mol. The van der Waals surface area contributed by atoms with Crippen molar-refractivity contribution in [3.63, 3.8) is 0 Å².